The molecule has 2 aliphatic rings. The number of phenols is 1. The number of ketones is 1. The molecule has 0 aliphatic heterocycles. The van der Waals surface area contributed by atoms with Crippen LogP contribution < -0.4 is 0 Å². The largest absolute Gasteiger partial charge is 0.506 e. The zero-order chi connectivity index (χ0) is 15.2. The number of rotatable bonds is 3. The lowest BCUT2D eigenvalue weighted by Crippen LogP contribution is -2.35. The predicted octanol–water partition coefficient (Wildman–Crippen LogP) is 5.41. The number of halogens is 2. The van der Waals surface area contributed by atoms with E-state index in [9.17, 15) is 9.90 Å². The first-order chi connectivity index (χ1) is 10.0. The third-order valence-corrected chi connectivity index (χ3v) is 6.14. The fraction of sp³-hybridized carbons (Fsp3) is 0.588. The van der Waals surface area contributed by atoms with Crippen molar-refractivity contribution in [3.63, 3.8) is 0 Å². The molecule has 0 saturated heterocycles. The van der Waals surface area contributed by atoms with Crippen LogP contribution in [0.4, 0.5) is 0 Å². The van der Waals surface area contributed by atoms with Crippen LogP contribution in [-0.4, -0.2) is 10.9 Å². The number of hydrogen-bond acceptors (Lipinski definition) is 2. The second kappa shape index (κ2) is 5.48. The molecule has 0 bridgehead atoms. The summed E-state index contributed by atoms with van der Waals surface area (Å²) in [6.07, 6.45) is 7.23. The summed E-state index contributed by atoms with van der Waals surface area (Å²) in [5.41, 5.74) is 1.10. The Kier molecular flexibility index (Phi) is 3.96. The first-order valence-electron chi connectivity index (χ1n) is 7.76. The van der Waals surface area contributed by atoms with Gasteiger partial charge in [-0.25, -0.2) is 0 Å². The minimum absolute atomic E-state index is 0.0214. The maximum atomic E-state index is 13.2. The van der Waals surface area contributed by atoms with Crippen LogP contribution in [0.5, 0.6) is 5.75 Å². The van der Waals surface area contributed by atoms with E-state index in [1.54, 1.807) is 6.07 Å². The number of hydrogen-bond donors (Lipinski definition) is 1. The van der Waals surface area contributed by atoms with Crippen LogP contribution in [0.3, 0.4) is 0 Å². The van der Waals surface area contributed by atoms with Gasteiger partial charge in [-0.2, -0.15) is 0 Å². The summed E-state index contributed by atoms with van der Waals surface area (Å²) in [4.78, 5) is 13.2. The van der Waals surface area contributed by atoms with Gasteiger partial charge in [0.1, 0.15) is 10.8 Å². The summed E-state index contributed by atoms with van der Waals surface area (Å²) in [7, 11) is 0. The molecule has 1 fully saturated rings. The molecule has 0 aromatic heterocycles. The monoisotopic (exact) mass is 326 g/mol. The van der Waals surface area contributed by atoms with Crippen molar-refractivity contribution >= 4 is 29.0 Å². The number of carbonyl (C=O) groups excluding carboxylic acids is 1. The average Bonchev–Trinajstić information content (AvgIpc) is 3.05. The molecule has 4 heteroatoms. The van der Waals surface area contributed by atoms with Gasteiger partial charge in [-0.1, -0.05) is 49.4 Å². The van der Waals surface area contributed by atoms with Gasteiger partial charge in [-0.15, -0.1) is 0 Å². The van der Waals surface area contributed by atoms with E-state index in [0.29, 0.717) is 17.9 Å². The van der Waals surface area contributed by atoms with Crippen LogP contribution >= 0.6 is 23.2 Å². The summed E-state index contributed by atoms with van der Waals surface area (Å²) in [5, 5.41) is 10.2. The van der Waals surface area contributed by atoms with Gasteiger partial charge in [0.25, 0.3) is 0 Å². The molecule has 114 valence electrons. The number of carbonyl (C=O) groups is 1. The van der Waals surface area contributed by atoms with E-state index in [1.165, 1.54) is 12.8 Å². The second-order valence-electron chi connectivity index (χ2n) is 6.45. The van der Waals surface area contributed by atoms with Gasteiger partial charge in [0.05, 0.1) is 5.02 Å². The minimum atomic E-state index is -0.325. The van der Waals surface area contributed by atoms with Gasteiger partial charge in [-0.3, -0.25) is 4.79 Å². The molecule has 1 saturated carbocycles. The van der Waals surface area contributed by atoms with E-state index in [1.807, 2.05) is 0 Å². The fourth-order valence-electron chi connectivity index (χ4n) is 4.38. The van der Waals surface area contributed by atoms with Crippen molar-refractivity contribution in [1.82, 2.24) is 0 Å². The number of phenolic OH excluding ortho intramolecular Hbond substituents is 1. The average molecular weight is 327 g/mol. The van der Waals surface area contributed by atoms with E-state index in [2.05, 4.69) is 6.92 Å². The molecule has 1 atom stereocenters. The van der Waals surface area contributed by atoms with Crippen LogP contribution in [0, 0.1) is 11.3 Å². The van der Waals surface area contributed by atoms with Gasteiger partial charge in [0, 0.05) is 11.0 Å². The Balaban J connectivity index is 2.10. The van der Waals surface area contributed by atoms with Crippen LogP contribution in [0.2, 0.25) is 10.0 Å². The van der Waals surface area contributed by atoms with Crippen molar-refractivity contribution in [2.24, 2.45) is 11.3 Å². The Morgan fingerprint density at radius 3 is 2.57 bits per heavy atom. The lowest BCUT2D eigenvalue weighted by molar-refractivity contribution is 0.0676. The first-order valence-corrected chi connectivity index (χ1v) is 8.51. The van der Waals surface area contributed by atoms with Gasteiger partial charge in [-0.05, 0) is 43.2 Å². The normalized spacial score (nSPS) is 25.6. The smallest absolute Gasteiger partial charge is 0.171 e. The highest BCUT2D eigenvalue weighted by molar-refractivity contribution is 6.45. The minimum Gasteiger partial charge on any atom is -0.506 e. The van der Waals surface area contributed by atoms with Crippen molar-refractivity contribution in [2.45, 2.75) is 51.9 Å². The Bertz CT molecular complexity index is 591. The van der Waals surface area contributed by atoms with E-state index < -0.39 is 0 Å². The van der Waals surface area contributed by atoms with Crippen LogP contribution in [0.1, 0.15) is 61.4 Å². The van der Waals surface area contributed by atoms with E-state index in [0.717, 1.165) is 31.2 Å². The topological polar surface area (TPSA) is 37.3 Å². The summed E-state index contributed by atoms with van der Waals surface area (Å²) in [5.74, 6) is 0.569. The molecule has 3 rings (SSSR count). The molecule has 2 aliphatic carbocycles. The summed E-state index contributed by atoms with van der Waals surface area (Å²) in [6.45, 7) is 2.12. The SMILES string of the molecule is CCC[C@]1(C2CCCC2)Cc2cc(O)c(Cl)c(Cl)c2C1=O. The first kappa shape index (κ1) is 15.2. The number of aromatic hydroxyl groups is 1. The highest BCUT2D eigenvalue weighted by atomic mass is 35.5. The Labute approximate surface area is 135 Å². The second-order valence-corrected chi connectivity index (χ2v) is 7.21. The standard InChI is InChI=1S/C17H20Cl2O2/c1-2-7-17(11-5-3-4-6-11)9-10-8-12(20)14(18)15(19)13(10)16(17)21/h8,11,20H,2-7,9H2,1H3/t17-/m1/s1. The summed E-state index contributed by atoms with van der Waals surface area (Å²) in [6, 6.07) is 1.63. The maximum Gasteiger partial charge on any atom is 0.171 e. The van der Waals surface area contributed by atoms with E-state index >= 15 is 0 Å². The van der Waals surface area contributed by atoms with E-state index in [4.69, 9.17) is 23.2 Å². The molecule has 2 nitrogen and oxygen atoms in total. The van der Waals surface area contributed by atoms with Crippen LogP contribution in [-0.2, 0) is 6.42 Å². The third-order valence-electron chi connectivity index (χ3n) is 5.29. The van der Waals surface area contributed by atoms with Gasteiger partial charge in [0.15, 0.2) is 5.78 Å². The molecule has 21 heavy (non-hydrogen) atoms. The molecule has 0 heterocycles. The van der Waals surface area contributed by atoms with Crippen molar-refractivity contribution in [2.75, 3.05) is 0 Å². The Morgan fingerprint density at radius 1 is 1.29 bits per heavy atom. The molecular formula is C17H20Cl2O2. The zero-order valence-corrected chi connectivity index (χ0v) is 13.7. The lowest BCUT2D eigenvalue weighted by atomic mass is 9.68. The Morgan fingerprint density at radius 2 is 1.95 bits per heavy atom. The van der Waals surface area contributed by atoms with Crippen LogP contribution in [0.15, 0.2) is 6.07 Å². The number of benzene rings is 1. The predicted molar refractivity (Wildman–Crippen MR) is 85.5 cm³/mol. The molecule has 1 aromatic carbocycles. The van der Waals surface area contributed by atoms with Crippen LogP contribution in [0.25, 0.3) is 0 Å². The highest BCUT2D eigenvalue weighted by Gasteiger charge is 2.51. The molecule has 0 radical (unpaired) electrons. The molecule has 0 unspecified atom stereocenters. The third kappa shape index (κ3) is 2.19. The van der Waals surface area contributed by atoms with Crippen molar-refractivity contribution in [3.8, 4) is 5.75 Å². The van der Waals surface area contributed by atoms with Gasteiger partial charge in [0.2, 0.25) is 0 Å². The number of fused-ring (bicyclic) bond motifs is 1. The highest BCUT2D eigenvalue weighted by Crippen LogP contribution is 2.54. The summed E-state index contributed by atoms with van der Waals surface area (Å²) < 4.78 is 0. The quantitative estimate of drug-likeness (QED) is 0.805. The lowest BCUT2D eigenvalue weighted by Gasteiger charge is -2.33. The van der Waals surface area contributed by atoms with Crippen molar-refractivity contribution in [3.05, 3.63) is 27.2 Å². The fourth-order valence-corrected chi connectivity index (χ4v) is 4.83. The molecule has 1 N–H and O–H groups in total. The van der Waals surface area contributed by atoms with Gasteiger partial charge >= 0.3 is 0 Å². The number of Topliss-reactive ketones (excluding diaryl/α,β-unsaturated/α-hetero) is 1. The molecule has 1 aromatic rings. The summed E-state index contributed by atoms with van der Waals surface area (Å²) >= 11 is 12.3. The van der Waals surface area contributed by atoms with Crippen molar-refractivity contribution < 1.29 is 9.90 Å². The molecular weight excluding hydrogens is 307 g/mol. The Hall–Kier alpha value is -0.730. The molecule has 0 spiro atoms. The van der Waals surface area contributed by atoms with Gasteiger partial charge < -0.3 is 5.11 Å². The molecule has 0 amide bonds. The maximum absolute atomic E-state index is 13.2. The van der Waals surface area contributed by atoms with Crippen molar-refractivity contribution in [1.29, 1.82) is 0 Å². The van der Waals surface area contributed by atoms with E-state index in [-0.39, 0.29) is 27.0 Å². The zero-order valence-electron chi connectivity index (χ0n) is 12.2.